The summed E-state index contributed by atoms with van der Waals surface area (Å²) in [5.74, 6) is 0.690. The summed E-state index contributed by atoms with van der Waals surface area (Å²) in [5.41, 5.74) is 5.76. The third-order valence-electron chi connectivity index (χ3n) is 9.95. The van der Waals surface area contributed by atoms with Gasteiger partial charge in [0, 0.05) is 34.1 Å². The van der Waals surface area contributed by atoms with Gasteiger partial charge >= 0.3 is 8.24 Å². The zero-order valence-electron chi connectivity index (χ0n) is 28.1. The molecule has 0 bridgehead atoms. The van der Waals surface area contributed by atoms with Crippen LogP contribution in [0, 0.1) is 0 Å². The van der Waals surface area contributed by atoms with Gasteiger partial charge in [0.05, 0.1) is 0 Å². The maximum absolute atomic E-state index is 7.03. The van der Waals surface area contributed by atoms with Crippen molar-refractivity contribution in [2.45, 2.75) is 6.54 Å². The van der Waals surface area contributed by atoms with Gasteiger partial charge in [-0.05, 0) is 72.9 Å². The van der Waals surface area contributed by atoms with Crippen molar-refractivity contribution in [2.24, 2.45) is 0 Å². The quantitative estimate of drug-likeness (QED) is 0.189. The molecule has 1 heterocycles. The fourth-order valence-corrected chi connectivity index (χ4v) is 8.58. The van der Waals surface area contributed by atoms with Gasteiger partial charge in [0.15, 0.2) is 0 Å². The van der Waals surface area contributed by atoms with Crippen molar-refractivity contribution < 1.29 is 12.9 Å². The lowest BCUT2D eigenvalue weighted by molar-refractivity contribution is 0.500. The molecule has 1 aromatic heterocycles. The molecular weight excluding hydrogens is 657 g/mol. The van der Waals surface area contributed by atoms with Crippen molar-refractivity contribution in [3.8, 4) is 16.9 Å². The van der Waals surface area contributed by atoms with Crippen molar-refractivity contribution in [3.63, 3.8) is 0 Å². The summed E-state index contributed by atoms with van der Waals surface area (Å²) in [7, 11) is -1.94. The molecule has 10 aromatic rings. The molecule has 5 heteroatoms. The molecule has 0 atom stereocenters. The molecule has 0 radical (unpaired) electrons. The number of fused-ring (bicyclic) bond motifs is 9. The van der Waals surface area contributed by atoms with Crippen LogP contribution in [0.4, 0.5) is 5.69 Å². The minimum absolute atomic E-state index is 0.682. The molecule has 0 spiro atoms. The van der Waals surface area contributed by atoms with Crippen LogP contribution in [0.15, 0.2) is 184 Å². The second kappa shape index (κ2) is 12.7. The third-order valence-corrected chi connectivity index (χ3v) is 11.0. The van der Waals surface area contributed by atoms with Crippen LogP contribution in [-0.2, 0) is 6.54 Å². The highest BCUT2D eigenvalue weighted by molar-refractivity contribution is 7.32. The first-order valence-corrected chi connectivity index (χ1v) is 18.6. The Morgan fingerprint density at radius 3 is 1.48 bits per heavy atom. The summed E-state index contributed by atoms with van der Waals surface area (Å²) >= 11 is 0. The minimum atomic E-state index is -1.94. The molecule has 0 saturated heterocycles. The van der Waals surface area contributed by atoms with Crippen LogP contribution in [0.25, 0.3) is 76.2 Å². The van der Waals surface area contributed by atoms with Gasteiger partial charge in [-0.1, -0.05) is 152 Å². The molecule has 0 fully saturated rings. The van der Waals surface area contributed by atoms with E-state index in [2.05, 4.69) is 163 Å². The molecular formula is C47H32NO3P. The maximum Gasteiger partial charge on any atom is 0.453 e. The first-order chi connectivity index (χ1) is 25.8. The Morgan fingerprint density at radius 2 is 0.885 bits per heavy atom. The standard InChI is InChI=1S/C47H32NO3P/c1-2-12-31(13-3-1)30-48-40-26-22-32-14-4-8-18-36(32)44(40)45-37-19-9-5-15-33(37)23-27-41(45)49-52-50-42-28-24-34-16-6-10-20-38(34)46(42)47-39-21-11-7-17-35(39)25-29-43(47)51-52/h1-29,48H,30H2. The summed E-state index contributed by atoms with van der Waals surface area (Å²) in [6.45, 7) is 0.682. The first kappa shape index (κ1) is 30.4. The van der Waals surface area contributed by atoms with Crippen molar-refractivity contribution >= 4 is 79.0 Å². The van der Waals surface area contributed by atoms with E-state index in [1.807, 2.05) is 18.2 Å². The molecule has 248 valence electrons. The van der Waals surface area contributed by atoms with Gasteiger partial charge in [0.1, 0.15) is 16.9 Å². The van der Waals surface area contributed by atoms with E-state index < -0.39 is 8.24 Å². The van der Waals surface area contributed by atoms with Gasteiger partial charge in [-0.25, -0.2) is 0 Å². The van der Waals surface area contributed by atoms with Crippen LogP contribution in [0.3, 0.4) is 0 Å². The third kappa shape index (κ3) is 5.24. The number of hydrogen-bond acceptors (Lipinski definition) is 4. The van der Waals surface area contributed by atoms with E-state index in [0.29, 0.717) is 12.3 Å². The molecule has 0 aliphatic carbocycles. The Hall–Kier alpha value is -6.48. The normalized spacial score (nSPS) is 11.5. The lowest BCUT2D eigenvalue weighted by Crippen LogP contribution is -2.02. The smallest absolute Gasteiger partial charge is 0.390 e. The minimum Gasteiger partial charge on any atom is -0.390 e. The summed E-state index contributed by atoms with van der Waals surface area (Å²) in [6.07, 6.45) is 0. The van der Waals surface area contributed by atoms with Crippen LogP contribution in [-0.4, -0.2) is 0 Å². The fraction of sp³-hybridized carbons (Fsp3) is 0.0213. The summed E-state index contributed by atoms with van der Waals surface area (Å²) < 4.78 is 20.7. The van der Waals surface area contributed by atoms with Crippen molar-refractivity contribution in [1.82, 2.24) is 0 Å². The number of rotatable bonds is 6. The Bertz CT molecular complexity index is 2910. The molecule has 1 N–H and O–H groups in total. The second-order valence-electron chi connectivity index (χ2n) is 13.0. The average Bonchev–Trinajstić information content (AvgIpc) is 3.37. The SMILES string of the molecule is c1ccc(CNc2ccc3ccccc3c2-c2c(Op3oc4ccc5ccccc5c4c4c(ccc5ccccc54)o3)ccc3ccccc23)cc1. The highest BCUT2D eigenvalue weighted by atomic mass is 31.1. The Balaban J connectivity index is 1.24. The van der Waals surface area contributed by atoms with Gasteiger partial charge in [0.25, 0.3) is 0 Å². The second-order valence-corrected chi connectivity index (χ2v) is 14.0. The molecule has 0 aliphatic rings. The van der Waals surface area contributed by atoms with Crippen molar-refractivity contribution in [3.05, 3.63) is 181 Å². The van der Waals surface area contributed by atoms with Crippen molar-refractivity contribution in [2.75, 3.05) is 5.32 Å². The summed E-state index contributed by atoms with van der Waals surface area (Å²) in [5, 5.41) is 14.8. The van der Waals surface area contributed by atoms with Gasteiger partial charge in [-0.2, -0.15) is 0 Å². The van der Waals surface area contributed by atoms with E-state index in [9.17, 15) is 0 Å². The zero-order valence-corrected chi connectivity index (χ0v) is 29.0. The predicted octanol–water partition coefficient (Wildman–Crippen LogP) is 14.0. The molecule has 52 heavy (non-hydrogen) atoms. The lowest BCUT2D eigenvalue weighted by atomic mass is 9.91. The first-order valence-electron chi connectivity index (χ1n) is 17.5. The van der Waals surface area contributed by atoms with Crippen LogP contribution in [0.2, 0.25) is 0 Å². The topological polar surface area (TPSA) is 47.5 Å². The van der Waals surface area contributed by atoms with Gasteiger partial charge in [-0.3, -0.25) is 0 Å². The summed E-state index contributed by atoms with van der Waals surface area (Å²) in [4.78, 5) is 0. The monoisotopic (exact) mass is 689 g/mol. The van der Waals surface area contributed by atoms with Gasteiger partial charge < -0.3 is 18.2 Å². The molecule has 0 unspecified atom stereocenters. The van der Waals surface area contributed by atoms with E-state index in [-0.39, 0.29) is 0 Å². The number of anilines is 1. The maximum atomic E-state index is 7.03. The van der Waals surface area contributed by atoms with Crippen LogP contribution in [0.5, 0.6) is 5.75 Å². The Labute approximate surface area is 301 Å². The van der Waals surface area contributed by atoms with Crippen LogP contribution >= 0.6 is 8.24 Å². The molecule has 9 aromatic carbocycles. The lowest BCUT2D eigenvalue weighted by Gasteiger charge is -2.19. The van der Waals surface area contributed by atoms with Crippen molar-refractivity contribution in [1.29, 1.82) is 0 Å². The van der Waals surface area contributed by atoms with E-state index in [4.69, 9.17) is 12.9 Å². The average molecular weight is 690 g/mol. The van der Waals surface area contributed by atoms with E-state index in [0.717, 1.165) is 81.8 Å². The van der Waals surface area contributed by atoms with E-state index in [1.165, 1.54) is 5.56 Å². The van der Waals surface area contributed by atoms with E-state index >= 15 is 0 Å². The van der Waals surface area contributed by atoms with Gasteiger partial charge in [-0.15, -0.1) is 0 Å². The van der Waals surface area contributed by atoms with Crippen LogP contribution in [0.1, 0.15) is 5.56 Å². The molecule has 0 saturated carbocycles. The van der Waals surface area contributed by atoms with Gasteiger partial charge in [0.2, 0.25) is 0 Å². The highest BCUT2D eigenvalue weighted by Crippen LogP contribution is 2.48. The Morgan fingerprint density at radius 1 is 0.423 bits per heavy atom. The number of benzene rings is 9. The largest absolute Gasteiger partial charge is 0.453 e. The van der Waals surface area contributed by atoms with Crippen LogP contribution < -0.4 is 9.84 Å². The highest BCUT2D eigenvalue weighted by Gasteiger charge is 2.21. The number of nitrogens with one attached hydrogen (secondary N) is 1. The molecule has 0 aliphatic heterocycles. The Kier molecular flexibility index (Phi) is 7.41. The fourth-order valence-electron chi connectivity index (χ4n) is 7.53. The molecule has 4 nitrogen and oxygen atoms in total. The predicted molar refractivity (Wildman–Crippen MR) is 218 cm³/mol. The molecule has 0 amide bonds. The zero-order chi connectivity index (χ0) is 34.4. The summed E-state index contributed by atoms with van der Waals surface area (Å²) in [6, 6.07) is 61.3. The molecule has 10 rings (SSSR count). The number of hydrogen-bond donors (Lipinski definition) is 1. The van der Waals surface area contributed by atoms with E-state index in [1.54, 1.807) is 0 Å².